The maximum absolute atomic E-state index is 5.98. The van der Waals surface area contributed by atoms with E-state index in [1.165, 1.54) is 0 Å². The highest BCUT2D eigenvalue weighted by atomic mass is 15.0. The van der Waals surface area contributed by atoms with Crippen LogP contribution in [0, 0.1) is 6.92 Å². The summed E-state index contributed by atoms with van der Waals surface area (Å²) in [5, 5.41) is 0. The lowest BCUT2D eigenvalue weighted by molar-refractivity contribution is 0.553. The van der Waals surface area contributed by atoms with Gasteiger partial charge < -0.3 is 10.7 Å². The van der Waals surface area contributed by atoms with Gasteiger partial charge in [0.15, 0.2) is 5.65 Å². The summed E-state index contributed by atoms with van der Waals surface area (Å²) >= 11 is 0. The number of H-pyrrole nitrogens is 1. The second-order valence-corrected chi connectivity index (χ2v) is 4.14. The van der Waals surface area contributed by atoms with Crippen molar-refractivity contribution < 1.29 is 0 Å². The van der Waals surface area contributed by atoms with Crippen molar-refractivity contribution in [3.8, 4) is 0 Å². The second-order valence-electron chi connectivity index (χ2n) is 4.14. The Hall–Kier alpha value is -1.42. The van der Waals surface area contributed by atoms with Crippen LogP contribution in [0.4, 0.5) is 0 Å². The Morgan fingerprint density at radius 3 is 2.79 bits per heavy atom. The molecule has 0 unspecified atom stereocenters. The van der Waals surface area contributed by atoms with E-state index in [4.69, 9.17) is 5.73 Å². The Labute approximate surface area is 82.6 Å². The normalized spacial score (nSPS) is 12.3. The lowest BCUT2D eigenvalue weighted by Gasteiger charge is -2.17. The average molecular weight is 190 g/mol. The van der Waals surface area contributed by atoms with Crippen LogP contribution in [0.5, 0.6) is 0 Å². The van der Waals surface area contributed by atoms with Crippen molar-refractivity contribution in [3.05, 3.63) is 23.7 Å². The molecule has 3 N–H and O–H groups in total. The van der Waals surface area contributed by atoms with E-state index in [2.05, 4.69) is 15.0 Å². The highest BCUT2D eigenvalue weighted by Crippen LogP contribution is 2.19. The molecule has 0 fully saturated rings. The third-order valence-corrected chi connectivity index (χ3v) is 2.20. The van der Waals surface area contributed by atoms with Crippen molar-refractivity contribution in [1.29, 1.82) is 0 Å². The van der Waals surface area contributed by atoms with Gasteiger partial charge in [0.1, 0.15) is 5.82 Å². The zero-order valence-electron chi connectivity index (χ0n) is 8.63. The Morgan fingerprint density at radius 2 is 2.14 bits per heavy atom. The Balaban J connectivity index is 2.62. The van der Waals surface area contributed by atoms with Crippen LogP contribution in [0.2, 0.25) is 0 Å². The summed E-state index contributed by atoms with van der Waals surface area (Å²) in [6.45, 7) is 5.83. The van der Waals surface area contributed by atoms with Crippen molar-refractivity contribution in [3.63, 3.8) is 0 Å². The van der Waals surface area contributed by atoms with Crippen LogP contribution in [-0.4, -0.2) is 15.0 Å². The first-order chi connectivity index (χ1) is 6.47. The third-order valence-electron chi connectivity index (χ3n) is 2.20. The molecule has 0 atom stereocenters. The molecule has 4 nitrogen and oxygen atoms in total. The summed E-state index contributed by atoms with van der Waals surface area (Å²) in [7, 11) is 0. The monoisotopic (exact) mass is 190 g/mol. The summed E-state index contributed by atoms with van der Waals surface area (Å²) in [5.74, 6) is 0.875. The van der Waals surface area contributed by atoms with Crippen molar-refractivity contribution in [1.82, 2.24) is 15.0 Å². The van der Waals surface area contributed by atoms with E-state index < -0.39 is 0 Å². The van der Waals surface area contributed by atoms with Crippen molar-refractivity contribution in [2.24, 2.45) is 5.73 Å². The largest absolute Gasteiger partial charge is 0.341 e. The van der Waals surface area contributed by atoms with Crippen LogP contribution < -0.4 is 5.73 Å². The first kappa shape index (κ1) is 9.15. The molecule has 0 saturated heterocycles. The van der Waals surface area contributed by atoms with Gasteiger partial charge >= 0.3 is 0 Å². The molecule has 4 heteroatoms. The maximum atomic E-state index is 5.98. The molecule has 2 aromatic heterocycles. The number of hydrogen-bond donors (Lipinski definition) is 2. The Morgan fingerprint density at radius 1 is 1.43 bits per heavy atom. The van der Waals surface area contributed by atoms with Crippen LogP contribution in [0.1, 0.15) is 25.2 Å². The number of imidazole rings is 1. The minimum atomic E-state index is -0.361. The van der Waals surface area contributed by atoms with Gasteiger partial charge in [-0.25, -0.2) is 9.97 Å². The van der Waals surface area contributed by atoms with Crippen LogP contribution in [-0.2, 0) is 5.54 Å². The lowest BCUT2D eigenvalue weighted by atomic mass is 9.97. The quantitative estimate of drug-likeness (QED) is 0.715. The van der Waals surface area contributed by atoms with Gasteiger partial charge in [0, 0.05) is 11.7 Å². The van der Waals surface area contributed by atoms with Gasteiger partial charge in [-0.1, -0.05) is 0 Å². The Bertz CT molecular complexity index is 464. The fraction of sp³-hybridized carbons (Fsp3) is 0.400. The molecule has 14 heavy (non-hydrogen) atoms. The molecule has 0 radical (unpaired) electrons. The van der Waals surface area contributed by atoms with Gasteiger partial charge in [0.05, 0.1) is 5.52 Å². The number of aromatic nitrogens is 3. The molecule has 0 aliphatic carbocycles. The van der Waals surface area contributed by atoms with Crippen LogP contribution in [0.15, 0.2) is 12.3 Å². The summed E-state index contributed by atoms with van der Waals surface area (Å²) in [4.78, 5) is 11.6. The molecule has 0 spiro atoms. The van der Waals surface area contributed by atoms with Gasteiger partial charge in [0.2, 0.25) is 0 Å². The average Bonchev–Trinajstić information content (AvgIpc) is 2.41. The molecular formula is C10H14N4. The number of nitrogens with one attached hydrogen (secondary N) is 1. The SMILES string of the molecule is Cc1nc2ncc(C(C)(C)N)cc2[nH]1. The van der Waals surface area contributed by atoms with E-state index >= 15 is 0 Å². The molecule has 0 saturated carbocycles. The number of nitrogens with two attached hydrogens (primary N) is 1. The molecule has 2 aromatic rings. The fourth-order valence-corrected chi connectivity index (χ4v) is 1.37. The number of fused-ring (bicyclic) bond motifs is 1. The molecule has 0 amide bonds. The van der Waals surface area contributed by atoms with Gasteiger partial charge in [-0.05, 0) is 32.4 Å². The van der Waals surface area contributed by atoms with Gasteiger partial charge in [-0.3, -0.25) is 0 Å². The number of pyridine rings is 1. The number of aromatic amines is 1. The highest BCUT2D eigenvalue weighted by molar-refractivity contribution is 5.71. The predicted molar refractivity (Wildman–Crippen MR) is 55.8 cm³/mol. The standard InChI is InChI=1S/C10H14N4/c1-6-13-8-4-7(10(2,3)11)5-12-9(8)14-6/h4-5H,11H2,1-3H3,(H,12,13,14). The van der Waals surface area contributed by atoms with Crippen molar-refractivity contribution in [2.75, 3.05) is 0 Å². The number of hydrogen-bond acceptors (Lipinski definition) is 3. The molecule has 2 rings (SSSR count). The smallest absolute Gasteiger partial charge is 0.177 e. The van der Waals surface area contributed by atoms with Gasteiger partial charge in [-0.15, -0.1) is 0 Å². The summed E-state index contributed by atoms with van der Waals surface area (Å²) in [6, 6.07) is 2.00. The summed E-state index contributed by atoms with van der Waals surface area (Å²) in [6.07, 6.45) is 1.78. The minimum Gasteiger partial charge on any atom is -0.341 e. The lowest BCUT2D eigenvalue weighted by Crippen LogP contribution is -2.28. The zero-order chi connectivity index (χ0) is 10.3. The third kappa shape index (κ3) is 1.48. The van der Waals surface area contributed by atoms with E-state index in [9.17, 15) is 0 Å². The molecule has 0 aliphatic rings. The topological polar surface area (TPSA) is 67.6 Å². The van der Waals surface area contributed by atoms with Crippen molar-refractivity contribution >= 4 is 11.2 Å². The van der Waals surface area contributed by atoms with E-state index in [1.807, 2.05) is 26.8 Å². The molecule has 0 aromatic carbocycles. The number of nitrogens with zero attached hydrogens (tertiary/aromatic N) is 2. The first-order valence-corrected chi connectivity index (χ1v) is 4.58. The minimum absolute atomic E-state index is 0.361. The van der Waals surface area contributed by atoms with Gasteiger partial charge in [0.25, 0.3) is 0 Å². The first-order valence-electron chi connectivity index (χ1n) is 4.58. The summed E-state index contributed by atoms with van der Waals surface area (Å²) < 4.78 is 0. The second kappa shape index (κ2) is 2.78. The molecule has 74 valence electrons. The summed E-state index contributed by atoms with van der Waals surface area (Å²) in [5.41, 5.74) is 8.32. The molecule has 0 aliphatic heterocycles. The highest BCUT2D eigenvalue weighted by Gasteiger charge is 2.15. The Kier molecular flexibility index (Phi) is 1.82. The number of aryl methyl sites for hydroxylation is 1. The van der Waals surface area contributed by atoms with Crippen LogP contribution in [0.25, 0.3) is 11.2 Å². The van der Waals surface area contributed by atoms with E-state index in [0.717, 1.165) is 22.6 Å². The van der Waals surface area contributed by atoms with E-state index in [-0.39, 0.29) is 5.54 Å². The van der Waals surface area contributed by atoms with E-state index in [0.29, 0.717) is 0 Å². The fourth-order valence-electron chi connectivity index (χ4n) is 1.37. The van der Waals surface area contributed by atoms with Crippen molar-refractivity contribution in [2.45, 2.75) is 26.3 Å². The van der Waals surface area contributed by atoms with Crippen LogP contribution >= 0.6 is 0 Å². The van der Waals surface area contributed by atoms with E-state index in [1.54, 1.807) is 6.20 Å². The zero-order valence-corrected chi connectivity index (χ0v) is 8.63. The van der Waals surface area contributed by atoms with Crippen LogP contribution in [0.3, 0.4) is 0 Å². The molecular weight excluding hydrogens is 176 g/mol. The molecule has 2 heterocycles. The molecule has 0 bridgehead atoms. The number of rotatable bonds is 1. The predicted octanol–water partition coefficient (Wildman–Crippen LogP) is 1.46. The maximum Gasteiger partial charge on any atom is 0.177 e. The van der Waals surface area contributed by atoms with Gasteiger partial charge in [-0.2, -0.15) is 0 Å².